The maximum atomic E-state index is 5.93. The lowest BCUT2D eigenvalue weighted by molar-refractivity contribution is 0.311. The minimum absolute atomic E-state index is 0.441. The third kappa shape index (κ3) is 3.14. The van der Waals surface area contributed by atoms with Gasteiger partial charge < -0.3 is 10.3 Å². The van der Waals surface area contributed by atoms with E-state index < -0.39 is 0 Å². The van der Waals surface area contributed by atoms with Gasteiger partial charge in [0.15, 0.2) is 0 Å². The Balaban J connectivity index is 2.06. The summed E-state index contributed by atoms with van der Waals surface area (Å²) in [6.07, 6.45) is 11.0. The van der Waals surface area contributed by atoms with Crippen molar-refractivity contribution in [1.29, 1.82) is 0 Å². The molecule has 1 fully saturated rings. The molecule has 0 saturated heterocycles. The predicted octanol–water partition coefficient (Wildman–Crippen LogP) is 3.16. The summed E-state index contributed by atoms with van der Waals surface area (Å²) in [7, 11) is 0. The largest absolute Gasteiger partial charge is 0.334 e. The van der Waals surface area contributed by atoms with Crippen LogP contribution < -0.4 is 5.73 Å². The van der Waals surface area contributed by atoms with Crippen molar-refractivity contribution < 1.29 is 0 Å². The van der Waals surface area contributed by atoms with Gasteiger partial charge in [-0.05, 0) is 24.7 Å². The highest BCUT2D eigenvalue weighted by atomic mass is 15.1. The second-order valence-corrected chi connectivity index (χ2v) is 6.06. The summed E-state index contributed by atoms with van der Waals surface area (Å²) in [5.74, 6) is 1.87. The number of aromatic nitrogens is 2. The first kappa shape index (κ1) is 13.6. The average Bonchev–Trinajstić information content (AvgIpc) is 2.79. The summed E-state index contributed by atoms with van der Waals surface area (Å²) >= 11 is 0. The van der Waals surface area contributed by atoms with Gasteiger partial charge in [-0.1, -0.05) is 33.1 Å². The van der Waals surface area contributed by atoms with Gasteiger partial charge in [0.1, 0.15) is 0 Å². The molecule has 1 atom stereocenters. The number of imidazole rings is 1. The number of hydrogen-bond acceptors (Lipinski definition) is 2. The SMILES string of the molecule is CC(C)C(CN)c1cncn1CC1CCCCC1. The summed E-state index contributed by atoms with van der Waals surface area (Å²) < 4.78 is 2.35. The zero-order valence-corrected chi connectivity index (χ0v) is 11.8. The predicted molar refractivity (Wildman–Crippen MR) is 75.4 cm³/mol. The molecule has 0 amide bonds. The fourth-order valence-corrected chi connectivity index (χ4v) is 3.17. The fraction of sp³-hybridized carbons (Fsp3) is 0.800. The molecule has 1 heterocycles. The fourth-order valence-electron chi connectivity index (χ4n) is 3.17. The number of nitrogens with zero attached hydrogens (tertiary/aromatic N) is 2. The third-order valence-electron chi connectivity index (χ3n) is 4.36. The Morgan fingerprint density at radius 1 is 1.33 bits per heavy atom. The monoisotopic (exact) mass is 249 g/mol. The molecule has 0 bridgehead atoms. The molecule has 2 rings (SSSR count). The maximum absolute atomic E-state index is 5.93. The first-order chi connectivity index (χ1) is 8.72. The van der Waals surface area contributed by atoms with E-state index in [1.165, 1.54) is 37.8 Å². The van der Waals surface area contributed by atoms with Crippen LogP contribution >= 0.6 is 0 Å². The molecule has 1 saturated carbocycles. The summed E-state index contributed by atoms with van der Waals surface area (Å²) in [6, 6.07) is 0. The maximum Gasteiger partial charge on any atom is 0.0948 e. The Bertz CT molecular complexity index is 350. The van der Waals surface area contributed by atoms with Crippen molar-refractivity contribution in [1.82, 2.24) is 9.55 Å². The molecule has 1 aromatic heterocycles. The molecule has 0 radical (unpaired) electrons. The van der Waals surface area contributed by atoms with Crippen molar-refractivity contribution in [3.8, 4) is 0 Å². The zero-order valence-electron chi connectivity index (χ0n) is 11.8. The van der Waals surface area contributed by atoms with E-state index in [1.807, 2.05) is 12.5 Å². The Morgan fingerprint density at radius 3 is 2.67 bits per heavy atom. The van der Waals surface area contributed by atoms with Crippen molar-refractivity contribution in [3.05, 3.63) is 18.2 Å². The topological polar surface area (TPSA) is 43.8 Å². The van der Waals surface area contributed by atoms with Crippen LogP contribution in [0.3, 0.4) is 0 Å². The van der Waals surface area contributed by atoms with Crippen LogP contribution in [-0.2, 0) is 6.54 Å². The van der Waals surface area contributed by atoms with Gasteiger partial charge in [-0.15, -0.1) is 0 Å². The first-order valence-corrected chi connectivity index (χ1v) is 7.42. The van der Waals surface area contributed by atoms with E-state index in [0.717, 1.165) is 12.5 Å². The van der Waals surface area contributed by atoms with Crippen LogP contribution in [0.5, 0.6) is 0 Å². The molecule has 1 aliphatic rings. The van der Waals surface area contributed by atoms with E-state index in [1.54, 1.807) is 0 Å². The van der Waals surface area contributed by atoms with Gasteiger partial charge in [-0.25, -0.2) is 4.98 Å². The van der Waals surface area contributed by atoms with Gasteiger partial charge in [0.25, 0.3) is 0 Å². The third-order valence-corrected chi connectivity index (χ3v) is 4.36. The van der Waals surface area contributed by atoms with Crippen LogP contribution in [-0.4, -0.2) is 16.1 Å². The number of rotatable bonds is 5. The molecule has 1 aromatic rings. The lowest BCUT2D eigenvalue weighted by Crippen LogP contribution is -2.23. The van der Waals surface area contributed by atoms with Gasteiger partial charge in [0.05, 0.1) is 6.33 Å². The highest BCUT2D eigenvalue weighted by Crippen LogP contribution is 2.28. The summed E-state index contributed by atoms with van der Waals surface area (Å²) in [5.41, 5.74) is 7.26. The smallest absolute Gasteiger partial charge is 0.0948 e. The van der Waals surface area contributed by atoms with Crippen LogP contribution in [0.4, 0.5) is 0 Å². The molecular formula is C15H27N3. The van der Waals surface area contributed by atoms with Crippen LogP contribution in [0.1, 0.15) is 57.6 Å². The van der Waals surface area contributed by atoms with Crippen molar-refractivity contribution in [2.45, 2.75) is 58.4 Å². The second kappa shape index (κ2) is 6.37. The second-order valence-electron chi connectivity index (χ2n) is 6.06. The van der Waals surface area contributed by atoms with E-state index in [9.17, 15) is 0 Å². The van der Waals surface area contributed by atoms with Gasteiger partial charge in [0, 0.05) is 30.9 Å². The average molecular weight is 249 g/mol. The Labute approximate surface area is 111 Å². The first-order valence-electron chi connectivity index (χ1n) is 7.42. The van der Waals surface area contributed by atoms with E-state index in [0.29, 0.717) is 18.4 Å². The van der Waals surface area contributed by atoms with Crippen LogP contribution in [0.15, 0.2) is 12.5 Å². The lowest BCUT2D eigenvalue weighted by atomic mass is 9.88. The Morgan fingerprint density at radius 2 is 2.06 bits per heavy atom. The molecule has 3 heteroatoms. The van der Waals surface area contributed by atoms with Crippen molar-refractivity contribution in [2.75, 3.05) is 6.54 Å². The molecule has 0 aromatic carbocycles. The standard InChI is InChI=1S/C15H27N3/c1-12(2)14(8-16)15-9-17-11-18(15)10-13-6-4-3-5-7-13/h9,11-14H,3-8,10,16H2,1-2H3. The van der Waals surface area contributed by atoms with E-state index >= 15 is 0 Å². The molecular weight excluding hydrogens is 222 g/mol. The van der Waals surface area contributed by atoms with Crippen molar-refractivity contribution >= 4 is 0 Å². The normalized spacial score (nSPS) is 19.3. The van der Waals surface area contributed by atoms with Gasteiger partial charge in [-0.2, -0.15) is 0 Å². The summed E-state index contributed by atoms with van der Waals surface area (Å²) in [6.45, 7) is 6.34. The molecule has 2 N–H and O–H groups in total. The van der Waals surface area contributed by atoms with Crippen LogP contribution in [0.25, 0.3) is 0 Å². The molecule has 0 spiro atoms. The van der Waals surface area contributed by atoms with Crippen molar-refractivity contribution in [2.24, 2.45) is 17.6 Å². The van der Waals surface area contributed by atoms with Crippen LogP contribution in [0.2, 0.25) is 0 Å². The van der Waals surface area contributed by atoms with E-state index in [2.05, 4.69) is 23.4 Å². The van der Waals surface area contributed by atoms with Gasteiger partial charge in [-0.3, -0.25) is 0 Å². The quantitative estimate of drug-likeness (QED) is 0.871. The van der Waals surface area contributed by atoms with Crippen LogP contribution in [0, 0.1) is 11.8 Å². The van der Waals surface area contributed by atoms with Gasteiger partial charge in [0.2, 0.25) is 0 Å². The summed E-state index contributed by atoms with van der Waals surface area (Å²) in [4.78, 5) is 4.35. The minimum atomic E-state index is 0.441. The molecule has 18 heavy (non-hydrogen) atoms. The zero-order chi connectivity index (χ0) is 13.0. The number of hydrogen-bond donors (Lipinski definition) is 1. The van der Waals surface area contributed by atoms with Gasteiger partial charge >= 0.3 is 0 Å². The van der Waals surface area contributed by atoms with E-state index in [-0.39, 0.29) is 0 Å². The summed E-state index contributed by atoms with van der Waals surface area (Å²) in [5, 5.41) is 0. The highest BCUT2D eigenvalue weighted by Gasteiger charge is 2.20. The van der Waals surface area contributed by atoms with E-state index in [4.69, 9.17) is 5.73 Å². The Hall–Kier alpha value is -0.830. The molecule has 3 nitrogen and oxygen atoms in total. The van der Waals surface area contributed by atoms with Crippen molar-refractivity contribution in [3.63, 3.8) is 0 Å². The molecule has 1 aliphatic carbocycles. The lowest BCUT2D eigenvalue weighted by Gasteiger charge is -2.25. The number of nitrogens with two attached hydrogens (primary N) is 1. The molecule has 0 aliphatic heterocycles. The minimum Gasteiger partial charge on any atom is -0.334 e. The molecule has 102 valence electrons. The Kier molecular flexibility index (Phi) is 4.81. The molecule has 1 unspecified atom stereocenters. The highest BCUT2D eigenvalue weighted by molar-refractivity contribution is 5.08.